The number of nitrogens with one attached hydrogen (secondary N) is 1. The smallest absolute Gasteiger partial charge is 0.280 e. The normalized spacial score (nSPS) is 10.7. The quantitative estimate of drug-likeness (QED) is 0.790. The van der Waals surface area contributed by atoms with Gasteiger partial charge in [0, 0.05) is 32.7 Å². The van der Waals surface area contributed by atoms with Crippen LogP contribution in [-0.4, -0.2) is 35.3 Å². The molecule has 0 aliphatic carbocycles. The summed E-state index contributed by atoms with van der Waals surface area (Å²) in [5.41, 5.74) is 1.28. The van der Waals surface area contributed by atoms with Crippen molar-refractivity contribution in [3.63, 3.8) is 0 Å². The minimum atomic E-state index is -0.224. The highest BCUT2D eigenvalue weighted by Crippen LogP contribution is 2.34. The predicted molar refractivity (Wildman–Crippen MR) is 80.2 cm³/mol. The van der Waals surface area contributed by atoms with Crippen LogP contribution >= 0.6 is 43.2 Å². The average molecular weight is 409 g/mol. The van der Waals surface area contributed by atoms with Crippen LogP contribution in [0.2, 0.25) is 0 Å². The summed E-state index contributed by atoms with van der Waals surface area (Å²) in [5, 5.41) is 9.98. The van der Waals surface area contributed by atoms with Crippen LogP contribution in [-0.2, 0) is 11.3 Å². The molecule has 0 aromatic carbocycles. The van der Waals surface area contributed by atoms with Gasteiger partial charge in [-0.1, -0.05) is 0 Å². The van der Waals surface area contributed by atoms with E-state index in [0.29, 0.717) is 12.0 Å². The highest BCUT2D eigenvalue weighted by molar-refractivity contribution is 9.13. The van der Waals surface area contributed by atoms with E-state index in [-0.39, 0.29) is 5.91 Å². The fraction of sp³-hybridized carbons (Fsp3) is 0.273. The van der Waals surface area contributed by atoms with E-state index in [4.69, 9.17) is 4.84 Å². The fourth-order valence-electron chi connectivity index (χ4n) is 1.52. The van der Waals surface area contributed by atoms with Gasteiger partial charge in [-0.2, -0.15) is 5.10 Å². The van der Waals surface area contributed by atoms with Crippen LogP contribution in [0, 0.1) is 0 Å². The second-order valence-corrected chi connectivity index (χ2v) is 6.36. The number of rotatable bonds is 4. The number of hydrogen-bond donors (Lipinski definition) is 1. The fourth-order valence-corrected chi connectivity index (χ4v) is 3.67. The molecule has 1 N–H and O–H groups in total. The molecule has 0 unspecified atom stereocenters. The van der Waals surface area contributed by atoms with E-state index < -0.39 is 0 Å². The second-order valence-electron chi connectivity index (χ2n) is 3.75. The molecule has 1 amide bonds. The molecular formula is C11H11Br2N3O2S. The summed E-state index contributed by atoms with van der Waals surface area (Å²) in [7, 11) is 3.02. The van der Waals surface area contributed by atoms with Gasteiger partial charge < -0.3 is 0 Å². The van der Waals surface area contributed by atoms with Crippen LogP contribution in [0.1, 0.15) is 20.9 Å². The minimum Gasteiger partial charge on any atom is -0.281 e. The zero-order valence-corrected chi connectivity index (χ0v) is 14.2. The third-order valence-electron chi connectivity index (χ3n) is 2.61. The maximum absolute atomic E-state index is 12.1. The molecule has 19 heavy (non-hydrogen) atoms. The monoisotopic (exact) mass is 407 g/mol. The molecule has 0 aliphatic heterocycles. The maximum atomic E-state index is 12.1. The Bertz CT molecular complexity index is 597. The van der Waals surface area contributed by atoms with Crippen LogP contribution in [0.15, 0.2) is 20.5 Å². The number of carbonyl (C=O) groups is 1. The first-order valence-electron chi connectivity index (χ1n) is 5.30. The van der Waals surface area contributed by atoms with Crippen LogP contribution in [0.3, 0.4) is 0 Å². The largest absolute Gasteiger partial charge is 0.281 e. The summed E-state index contributed by atoms with van der Waals surface area (Å²) in [6, 6.07) is 0. The van der Waals surface area contributed by atoms with Crippen molar-refractivity contribution < 1.29 is 9.63 Å². The van der Waals surface area contributed by atoms with Crippen molar-refractivity contribution in [2.24, 2.45) is 0 Å². The average Bonchev–Trinajstić information content (AvgIpc) is 2.99. The van der Waals surface area contributed by atoms with E-state index in [1.165, 1.54) is 18.4 Å². The van der Waals surface area contributed by atoms with Crippen LogP contribution in [0.5, 0.6) is 0 Å². The SMILES string of the molecule is CON(C)C(=O)c1cn[nH]c1Cc1scc(Br)c1Br. The van der Waals surface area contributed by atoms with Gasteiger partial charge in [0.2, 0.25) is 0 Å². The molecule has 5 nitrogen and oxygen atoms in total. The van der Waals surface area contributed by atoms with E-state index in [2.05, 4.69) is 42.1 Å². The van der Waals surface area contributed by atoms with Gasteiger partial charge in [0.05, 0.1) is 24.6 Å². The molecule has 2 rings (SSSR count). The van der Waals surface area contributed by atoms with Crippen LogP contribution < -0.4 is 0 Å². The van der Waals surface area contributed by atoms with Crippen molar-refractivity contribution in [1.29, 1.82) is 0 Å². The van der Waals surface area contributed by atoms with Crippen molar-refractivity contribution in [2.45, 2.75) is 6.42 Å². The van der Waals surface area contributed by atoms with E-state index in [9.17, 15) is 4.79 Å². The van der Waals surface area contributed by atoms with Gasteiger partial charge in [-0.25, -0.2) is 5.06 Å². The number of carbonyl (C=O) groups excluding carboxylic acids is 1. The van der Waals surface area contributed by atoms with Gasteiger partial charge in [-0.3, -0.25) is 14.7 Å². The van der Waals surface area contributed by atoms with Gasteiger partial charge >= 0.3 is 0 Å². The third-order valence-corrected chi connectivity index (χ3v) is 6.22. The van der Waals surface area contributed by atoms with E-state index in [1.807, 2.05) is 5.38 Å². The van der Waals surface area contributed by atoms with Crippen molar-refractivity contribution in [3.05, 3.63) is 36.7 Å². The zero-order valence-electron chi connectivity index (χ0n) is 10.2. The first-order chi connectivity index (χ1) is 9.04. The number of amides is 1. The summed E-state index contributed by atoms with van der Waals surface area (Å²) in [6.07, 6.45) is 2.12. The van der Waals surface area contributed by atoms with E-state index in [1.54, 1.807) is 18.4 Å². The number of hydroxylamine groups is 2. The topological polar surface area (TPSA) is 58.2 Å². The lowest BCUT2D eigenvalue weighted by Crippen LogP contribution is -2.25. The molecule has 2 aromatic heterocycles. The number of hydrogen-bond acceptors (Lipinski definition) is 4. The lowest BCUT2D eigenvalue weighted by Gasteiger charge is -2.13. The first-order valence-corrected chi connectivity index (χ1v) is 7.77. The van der Waals surface area contributed by atoms with Gasteiger partial charge in [-0.05, 0) is 31.9 Å². The molecule has 0 radical (unpaired) electrons. The molecule has 0 saturated carbocycles. The molecule has 0 aliphatic rings. The summed E-state index contributed by atoms with van der Waals surface area (Å²) in [4.78, 5) is 18.1. The number of halogens is 2. The maximum Gasteiger partial charge on any atom is 0.280 e. The Labute approximate surface area is 131 Å². The minimum absolute atomic E-state index is 0.224. The predicted octanol–water partition coefficient (Wildman–Crippen LogP) is 3.22. The van der Waals surface area contributed by atoms with Crippen LogP contribution in [0.25, 0.3) is 0 Å². The van der Waals surface area contributed by atoms with Gasteiger partial charge in [0.25, 0.3) is 5.91 Å². The lowest BCUT2D eigenvalue weighted by atomic mass is 10.1. The van der Waals surface area contributed by atoms with E-state index >= 15 is 0 Å². The number of aromatic nitrogens is 2. The standard InChI is InChI=1S/C11H11Br2N3O2S/c1-16(18-2)11(17)6-4-14-15-8(6)3-9-10(13)7(12)5-19-9/h4-5H,3H2,1-2H3,(H,14,15). The number of nitrogens with zero attached hydrogens (tertiary/aromatic N) is 2. The zero-order chi connectivity index (χ0) is 14.0. The molecule has 0 fully saturated rings. The van der Waals surface area contributed by atoms with Crippen molar-refractivity contribution in [1.82, 2.24) is 15.3 Å². The molecule has 0 saturated heterocycles. The molecule has 0 atom stereocenters. The molecule has 8 heteroatoms. The molecular weight excluding hydrogens is 398 g/mol. The second kappa shape index (κ2) is 6.17. The third kappa shape index (κ3) is 3.07. The number of thiophene rings is 1. The van der Waals surface area contributed by atoms with Gasteiger partial charge in [0.15, 0.2) is 0 Å². The van der Waals surface area contributed by atoms with Crippen molar-refractivity contribution in [3.8, 4) is 0 Å². The molecule has 2 heterocycles. The summed E-state index contributed by atoms with van der Waals surface area (Å²) < 4.78 is 2.01. The Morgan fingerprint density at radius 1 is 1.58 bits per heavy atom. The Hall–Kier alpha value is -0.700. The summed E-state index contributed by atoms with van der Waals surface area (Å²) >= 11 is 8.57. The van der Waals surface area contributed by atoms with Gasteiger partial charge in [0.1, 0.15) is 0 Å². The lowest BCUT2D eigenvalue weighted by molar-refractivity contribution is -0.0757. The molecule has 0 spiro atoms. The molecule has 2 aromatic rings. The first kappa shape index (κ1) is 14.7. The van der Waals surface area contributed by atoms with Crippen molar-refractivity contribution in [2.75, 3.05) is 14.2 Å². The molecule has 0 bridgehead atoms. The Kier molecular flexibility index (Phi) is 4.77. The highest BCUT2D eigenvalue weighted by atomic mass is 79.9. The van der Waals surface area contributed by atoms with E-state index in [0.717, 1.165) is 19.5 Å². The van der Waals surface area contributed by atoms with Crippen molar-refractivity contribution >= 4 is 49.1 Å². The Balaban J connectivity index is 2.25. The number of H-pyrrole nitrogens is 1. The summed E-state index contributed by atoms with van der Waals surface area (Å²) in [6.45, 7) is 0. The Morgan fingerprint density at radius 3 is 2.89 bits per heavy atom. The van der Waals surface area contributed by atoms with Crippen LogP contribution in [0.4, 0.5) is 0 Å². The van der Waals surface area contributed by atoms with Gasteiger partial charge in [-0.15, -0.1) is 11.3 Å². The highest BCUT2D eigenvalue weighted by Gasteiger charge is 2.19. The summed E-state index contributed by atoms with van der Waals surface area (Å²) in [5.74, 6) is -0.224. The molecule has 102 valence electrons. The number of aromatic amines is 1. The Morgan fingerprint density at radius 2 is 2.32 bits per heavy atom.